The zero-order valence-electron chi connectivity index (χ0n) is 12.1. The number of hydrogen-bond donors (Lipinski definition) is 1. The molecule has 3 rings (SSSR count). The summed E-state index contributed by atoms with van der Waals surface area (Å²) in [6.07, 6.45) is 0.262. The van der Waals surface area contributed by atoms with Crippen LogP contribution in [0.3, 0.4) is 0 Å². The van der Waals surface area contributed by atoms with Crippen LogP contribution in [0.15, 0.2) is 29.6 Å². The van der Waals surface area contributed by atoms with Gasteiger partial charge < -0.3 is 5.32 Å². The molecule has 2 aromatic heterocycles. The molecular formula is C14H14N6OS. The molecule has 1 N–H and O–H groups in total. The highest BCUT2D eigenvalue weighted by Gasteiger charge is 2.09. The summed E-state index contributed by atoms with van der Waals surface area (Å²) in [5, 5.41) is 17.1. The number of hydrogen-bond acceptors (Lipinski definition) is 6. The van der Waals surface area contributed by atoms with Crippen LogP contribution in [0.4, 0.5) is 5.69 Å². The number of amides is 1. The fourth-order valence-electron chi connectivity index (χ4n) is 2.04. The topological polar surface area (TPSA) is 85.6 Å². The summed E-state index contributed by atoms with van der Waals surface area (Å²) in [6.45, 7) is 3.74. The predicted octanol–water partition coefficient (Wildman–Crippen LogP) is 1.92. The maximum atomic E-state index is 12.1. The number of tetrazole rings is 1. The van der Waals surface area contributed by atoms with E-state index in [1.54, 1.807) is 4.68 Å². The molecule has 0 radical (unpaired) electrons. The lowest BCUT2D eigenvalue weighted by Gasteiger charge is -2.07. The number of nitrogens with one attached hydrogen (secondary N) is 1. The average Bonchev–Trinajstić information content (AvgIpc) is 3.07. The van der Waals surface area contributed by atoms with Crippen LogP contribution < -0.4 is 5.32 Å². The third-order valence-electron chi connectivity index (χ3n) is 3.01. The van der Waals surface area contributed by atoms with Gasteiger partial charge in [-0.1, -0.05) is 6.07 Å². The average molecular weight is 314 g/mol. The summed E-state index contributed by atoms with van der Waals surface area (Å²) in [5.74, 6) is 0.581. The summed E-state index contributed by atoms with van der Waals surface area (Å²) in [4.78, 5) is 16.4. The predicted molar refractivity (Wildman–Crippen MR) is 83.1 cm³/mol. The van der Waals surface area contributed by atoms with Gasteiger partial charge in [0.1, 0.15) is 0 Å². The molecule has 22 heavy (non-hydrogen) atoms. The quantitative estimate of drug-likeness (QED) is 0.795. The van der Waals surface area contributed by atoms with Crippen LogP contribution in [-0.2, 0) is 11.2 Å². The molecule has 1 amide bonds. The number of rotatable bonds is 4. The number of aryl methyl sites for hydroxylation is 2. The van der Waals surface area contributed by atoms with Crippen molar-refractivity contribution < 1.29 is 4.79 Å². The van der Waals surface area contributed by atoms with Gasteiger partial charge in [-0.25, -0.2) is 4.98 Å². The fraction of sp³-hybridized carbons (Fsp3) is 0.214. The van der Waals surface area contributed by atoms with E-state index in [9.17, 15) is 4.79 Å². The van der Waals surface area contributed by atoms with Gasteiger partial charge in [-0.3, -0.25) is 4.79 Å². The van der Waals surface area contributed by atoms with E-state index in [0.717, 1.165) is 16.4 Å². The Hall–Kier alpha value is -2.61. The molecule has 0 bridgehead atoms. The molecule has 3 aromatic rings. The van der Waals surface area contributed by atoms with Crippen molar-refractivity contribution in [3.05, 3.63) is 46.2 Å². The third-order valence-corrected chi connectivity index (χ3v) is 3.83. The van der Waals surface area contributed by atoms with Crippen molar-refractivity contribution in [2.75, 3.05) is 5.32 Å². The summed E-state index contributed by atoms with van der Waals surface area (Å²) in [7, 11) is 0. The first-order valence-corrected chi connectivity index (χ1v) is 7.56. The molecule has 0 aliphatic heterocycles. The zero-order chi connectivity index (χ0) is 15.5. The highest BCUT2D eigenvalue weighted by molar-refractivity contribution is 7.09. The number of nitrogens with zero attached hydrogens (tertiary/aromatic N) is 5. The first kappa shape index (κ1) is 14.3. The van der Waals surface area contributed by atoms with E-state index in [1.807, 2.05) is 43.5 Å². The van der Waals surface area contributed by atoms with E-state index in [0.29, 0.717) is 11.5 Å². The van der Waals surface area contributed by atoms with Crippen molar-refractivity contribution in [3.8, 4) is 5.69 Å². The molecule has 112 valence electrons. The summed E-state index contributed by atoms with van der Waals surface area (Å²) in [6, 6.07) is 7.38. The minimum Gasteiger partial charge on any atom is -0.326 e. The normalized spacial score (nSPS) is 10.6. The van der Waals surface area contributed by atoms with E-state index in [4.69, 9.17) is 0 Å². The Morgan fingerprint density at radius 1 is 1.36 bits per heavy atom. The largest absolute Gasteiger partial charge is 0.326 e. The minimum absolute atomic E-state index is 0.101. The molecule has 0 saturated carbocycles. The van der Waals surface area contributed by atoms with E-state index in [1.165, 1.54) is 11.3 Å². The number of aromatic nitrogens is 5. The van der Waals surface area contributed by atoms with Crippen LogP contribution in [0.5, 0.6) is 0 Å². The SMILES string of the molecule is Cc1nc(CC(=O)Nc2cccc(-n3nnnc3C)c2)cs1. The molecule has 7 nitrogen and oxygen atoms in total. The highest BCUT2D eigenvalue weighted by Crippen LogP contribution is 2.15. The maximum Gasteiger partial charge on any atom is 0.230 e. The monoisotopic (exact) mass is 314 g/mol. The second-order valence-corrected chi connectivity index (χ2v) is 5.83. The Bertz CT molecular complexity index is 809. The Balaban J connectivity index is 1.73. The Morgan fingerprint density at radius 3 is 2.91 bits per heavy atom. The molecule has 0 atom stereocenters. The van der Waals surface area contributed by atoms with Gasteiger partial charge in [0.25, 0.3) is 0 Å². The van der Waals surface area contributed by atoms with Gasteiger partial charge in [-0.2, -0.15) is 4.68 Å². The summed E-state index contributed by atoms with van der Waals surface area (Å²) >= 11 is 1.54. The van der Waals surface area contributed by atoms with Crippen LogP contribution in [0, 0.1) is 13.8 Å². The van der Waals surface area contributed by atoms with Crippen molar-refractivity contribution in [3.63, 3.8) is 0 Å². The van der Waals surface area contributed by atoms with Crippen LogP contribution in [0.1, 0.15) is 16.5 Å². The van der Waals surface area contributed by atoms with Crippen molar-refractivity contribution in [2.45, 2.75) is 20.3 Å². The molecule has 0 aliphatic carbocycles. The molecule has 1 aromatic carbocycles. The Morgan fingerprint density at radius 2 is 2.23 bits per heavy atom. The fourth-order valence-corrected chi connectivity index (χ4v) is 2.66. The second-order valence-electron chi connectivity index (χ2n) is 4.77. The zero-order valence-corrected chi connectivity index (χ0v) is 13.0. The van der Waals surface area contributed by atoms with Crippen molar-refractivity contribution in [1.29, 1.82) is 0 Å². The molecular weight excluding hydrogens is 300 g/mol. The first-order chi connectivity index (χ1) is 10.6. The number of thiazole rings is 1. The molecule has 0 aliphatic rings. The molecule has 2 heterocycles. The van der Waals surface area contributed by atoms with E-state index < -0.39 is 0 Å². The smallest absolute Gasteiger partial charge is 0.230 e. The molecule has 0 unspecified atom stereocenters. The van der Waals surface area contributed by atoms with Gasteiger partial charge in [0, 0.05) is 11.1 Å². The van der Waals surface area contributed by atoms with Gasteiger partial charge >= 0.3 is 0 Å². The van der Waals surface area contributed by atoms with Crippen molar-refractivity contribution in [1.82, 2.24) is 25.2 Å². The van der Waals surface area contributed by atoms with Gasteiger partial charge in [0.15, 0.2) is 5.82 Å². The standard InChI is InChI=1S/C14H14N6OS/c1-9-17-18-19-20(9)13-5-3-4-11(6-13)16-14(21)7-12-8-22-10(2)15-12/h3-6,8H,7H2,1-2H3,(H,16,21). The lowest BCUT2D eigenvalue weighted by molar-refractivity contribution is -0.115. The molecule has 0 fully saturated rings. The number of carbonyl (C=O) groups excluding carboxylic acids is 1. The number of benzene rings is 1. The van der Waals surface area contributed by atoms with Gasteiger partial charge in [-0.05, 0) is 42.5 Å². The summed E-state index contributed by atoms with van der Waals surface area (Å²) < 4.78 is 1.61. The molecule has 0 spiro atoms. The lowest BCUT2D eigenvalue weighted by atomic mass is 10.2. The van der Waals surface area contributed by atoms with E-state index >= 15 is 0 Å². The Labute approximate surface area is 131 Å². The maximum absolute atomic E-state index is 12.1. The minimum atomic E-state index is -0.101. The van der Waals surface area contributed by atoms with Crippen LogP contribution in [0.25, 0.3) is 5.69 Å². The van der Waals surface area contributed by atoms with Gasteiger partial charge in [-0.15, -0.1) is 16.4 Å². The second kappa shape index (κ2) is 6.02. The van der Waals surface area contributed by atoms with Crippen LogP contribution in [0.2, 0.25) is 0 Å². The summed E-state index contributed by atoms with van der Waals surface area (Å²) in [5.41, 5.74) is 2.28. The van der Waals surface area contributed by atoms with Crippen molar-refractivity contribution in [2.24, 2.45) is 0 Å². The molecule has 8 heteroatoms. The van der Waals surface area contributed by atoms with E-state index in [-0.39, 0.29) is 12.3 Å². The van der Waals surface area contributed by atoms with Crippen LogP contribution >= 0.6 is 11.3 Å². The van der Waals surface area contributed by atoms with Gasteiger partial charge in [0.05, 0.1) is 22.8 Å². The number of carbonyl (C=O) groups is 1. The lowest BCUT2D eigenvalue weighted by Crippen LogP contribution is -2.15. The van der Waals surface area contributed by atoms with Gasteiger partial charge in [0.2, 0.25) is 5.91 Å². The molecule has 0 saturated heterocycles. The Kier molecular flexibility index (Phi) is 3.92. The third kappa shape index (κ3) is 3.17. The number of anilines is 1. The van der Waals surface area contributed by atoms with Crippen molar-refractivity contribution >= 4 is 22.9 Å². The van der Waals surface area contributed by atoms with E-state index in [2.05, 4.69) is 25.8 Å². The highest BCUT2D eigenvalue weighted by atomic mass is 32.1. The first-order valence-electron chi connectivity index (χ1n) is 6.68. The van der Waals surface area contributed by atoms with Crippen LogP contribution in [-0.4, -0.2) is 31.1 Å².